The van der Waals surface area contributed by atoms with Crippen molar-refractivity contribution in [1.29, 1.82) is 0 Å². The van der Waals surface area contributed by atoms with Crippen LogP contribution in [0.2, 0.25) is 0 Å². The molecule has 0 radical (unpaired) electrons. The van der Waals surface area contributed by atoms with Crippen molar-refractivity contribution < 1.29 is 14.7 Å². The summed E-state index contributed by atoms with van der Waals surface area (Å²) in [7, 11) is 1.54. The first-order valence-corrected chi connectivity index (χ1v) is 6.32. The molecule has 0 bridgehead atoms. The Hall–Kier alpha value is -1.26. The van der Waals surface area contributed by atoms with E-state index in [1.54, 1.807) is 14.0 Å². The van der Waals surface area contributed by atoms with E-state index in [4.69, 9.17) is 5.11 Å². The molecule has 0 aromatic carbocycles. The molecular formula is C12H22N2O3. The topological polar surface area (TPSA) is 69.6 Å². The van der Waals surface area contributed by atoms with Crippen molar-refractivity contribution in [2.75, 3.05) is 7.05 Å². The number of nitrogens with one attached hydrogen (secondary N) is 1. The lowest BCUT2D eigenvalue weighted by atomic mass is 9.96. The van der Waals surface area contributed by atoms with E-state index in [0.717, 1.165) is 25.7 Å². The average molecular weight is 242 g/mol. The SMILES string of the molecule is CCC(C(=O)O)N(C)C(=O)NC1CCCCC1. The summed E-state index contributed by atoms with van der Waals surface area (Å²) in [5, 5.41) is 11.9. The molecule has 1 saturated carbocycles. The van der Waals surface area contributed by atoms with Crippen LogP contribution in [-0.2, 0) is 4.79 Å². The van der Waals surface area contributed by atoms with Gasteiger partial charge in [0.25, 0.3) is 0 Å². The highest BCUT2D eigenvalue weighted by Crippen LogP contribution is 2.17. The molecule has 5 heteroatoms. The van der Waals surface area contributed by atoms with E-state index in [2.05, 4.69) is 5.32 Å². The van der Waals surface area contributed by atoms with Crippen LogP contribution in [0.3, 0.4) is 0 Å². The number of likely N-dealkylation sites (N-methyl/N-ethyl adjacent to an activating group) is 1. The molecule has 1 atom stereocenters. The second-order valence-corrected chi connectivity index (χ2v) is 4.66. The fourth-order valence-corrected chi connectivity index (χ4v) is 2.28. The van der Waals surface area contributed by atoms with Gasteiger partial charge in [-0.2, -0.15) is 0 Å². The van der Waals surface area contributed by atoms with E-state index in [1.165, 1.54) is 11.3 Å². The Morgan fingerprint density at radius 2 is 1.94 bits per heavy atom. The molecule has 2 amide bonds. The fourth-order valence-electron chi connectivity index (χ4n) is 2.28. The van der Waals surface area contributed by atoms with Gasteiger partial charge in [0, 0.05) is 13.1 Å². The van der Waals surface area contributed by atoms with Gasteiger partial charge in [-0.05, 0) is 19.3 Å². The number of carbonyl (C=O) groups is 2. The van der Waals surface area contributed by atoms with Crippen LogP contribution in [0.5, 0.6) is 0 Å². The predicted molar refractivity (Wildman–Crippen MR) is 64.9 cm³/mol. The number of amides is 2. The van der Waals surface area contributed by atoms with Crippen molar-refractivity contribution in [3.8, 4) is 0 Å². The predicted octanol–water partition coefficient (Wildman–Crippen LogP) is 1.82. The van der Waals surface area contributed by atoms with E-state index in [1.807, 2.05) is 0 Å². The minimum atomic E-state index is -0.950. The first kappa shape index (κ1) is 13.8. The Balaban J connectivity index is 2.47. The van der Waals surface area contributed by atoms with Crippen molar-refractivity contribution in [3.63, 3.8) is 0 Å². The molecule has 0 spiro atoms. The fraction of sp³-hybridized carbons (Fsp3) is 0.833. The lowest BCUT2D eigenvalue weighted by Crippen LogP contribution is -2.50. The van der Waals surface area contributed by atoms with Crippen molar-refractivity contribution in [1.82, 2.24) is 10.2 Å². The van der Waals surface area contributed by atoms with Crippen molar-refractivity contribution >= 4 is 12.0 Å². The van der Waals surface area contributed by atoms with Gasteiger partial charge in [-0.25, -0.2) is 9.59 Å². The number of nitrogens with zero attached hydrogens (tertiary/aromatic N) is 1. The molecule has 5 nitrogen and oxygen atoms in total. The maximum atomic E-state index is 11.9. The molecule has 0 saturated heterocycles. The second kappa shape index (κ2) is 6.47. The number of carboxylic acids is 1. The Labute approximate surface area is 102 Å². The molecule has 98 valence electrons. The molecule has 0 aliphatic heterocycles. The summed E-state index contributed by atoms with van der Waals surface area (Å²) in [5.74, 6) is -0.950. The van der Waals surface area contributed by atoms with E-state index in [0.29, 0.717) is 6.42 Å². The smallest absolute Gasteiger partial charge is 0.326 e. The van der Waals surface area contributed by atoms with Crippen LogP contribution in [0.15, 0.2) is 0 Å². The van der Waals surface area contributed by atoms with Gasteiger partial charge in [0.15, 0.2) is 0 Å². The molecule has 1 fully saturated rings. The standard InChI is InChI=1S/C12H22N2O3/c1-3-10(11(15)16)14(2)12(17)13-9-7-5-4-6-8-9/h9-10H,3-8H2,1-2H3,(H,13,17)(H,15,16). The molecule has 0 aromatic rings. The Morgan fingerprint density at radius 1 is 1.35 bits per heavy atom. The van der Waals surface area contributed by atoms with E-state index in [-0.39, 0.29) is 12.1 Å². The summed E-state index contributed by atoms with van der Waals surface area (Å²) in [6.07, 6.45) is 5.95. The minimum Gasteiger partial charge on any atom is -0.480 e. The molecule has 1 unspecified atom stereocenters. The van der Waals surface area contributed by atoms with Gasteiger partial charge < -0.3 is 15.3 Å². The summed E-state index contributed by atoms with van der Waals surface area (Å²) < 4.78 is 0. The monoisotopic (exact) mass is 242 g/mol. The van der Waals surface area contributed by atoms with Gasteiger partial charge in [0.2, 0.25) is 0 Å². The first-order chi connectivity index (χ1) is 8.06. The van der Waals surface area contributed by atoms with E-state index < -0.39 is 12.0 Å². The normalized spacial score (nSPS) is 18.5. The molecule has 1 aliphatic rings. The number of aliphatic carboxylic acids is 1. The Morgan fingerprint density at radius 3 is 2.41 bits per heavy atom. The van der Waals surface area contributed by atoms with Crippen molar-refractivity contribution in [2.45, 2.75) is 57.5 Å². The quantitative estimate of drug-likeness (QED) is 0.790. The Bertz CT molecular complexity index is 275. The molecule has 1 aliphatic carbocycles. The lowest BCUT2D eigenvalue weighted by Gasteiger charge is -2.28. The van der Waals surface area contributed by atoms with Gasteiger partial charge in [0.1, 0.15) is 6.04 Å². The number of rotatable bonds is 4. The van der Waals surface area contributed by atoms with Gasteiger partial charge >= 0.3 is 12.0 Å². The van der Waals surface area contributed by atoms with E-state index in [9.17, 15) is 9.59 Å². The molecule has 2 N–H and O–H groups in total. The summed E-state index contributed by atoms with van der Waals surface area (Å²) in [6.45, 7) is 1.77. The number of carboxylic acid groups (broad SMARTS) is 1. The zero-order chi connectivity index (χ0) is 12.8. The zero-order valence-corrected chi connectivity index (χ0v) is 10.6. The summed E-state index contributed by atoms with van der Waals surface area (Å²) in [4.78, 5) is 24.1. The molecule has 17 heavy (non-hydrogen) atoms. The van der Waals surface area contributed by atoms with Crippen LogP contribution in [0.25, 0.3) is 0 Å². The van der Waals surface area contributed by atoms with Gasteiger partial charge in [0.05, 0.1) is 0 Å². The zero-order valence-electron chi connectivity index (χ0n) is 10.6. The van der Waals surface area contributed by atoms with Crippen LogP contribution in [0, 0.1) is 0 Å². The van der Waals surface area contributed by atoms with Crippen LogP contribution < -0.4 is 5.32 Å². The third-order valence-corrected chi connectivity index (χ3v) is 3.39. The number of hydrogen-bond donors (Lipinski definition) is 2. The summed E-state index contributed by atoms with van der Waals surface area (Å²) in [5.41, 5.74) is 0. The van der Waals surface area contributed by atoms with Crippen LogP contribution in [0.4, 0.5) is 4.79 Å². The molecule has 1 rings (SSSR count). The summed E-state index contributed by atoms with van der Waals surface area (Å²) in [6, 6.07) is -0.797. The van der Waals surface area contributed by atoms with Crippen molar-refractivity contribution in [2.24, 2.45) is 0 Å². The van der Waals surface area contributed by atoms with E-state index >= 15 is 0 Å². The maximum Gasteiger partial charge on any atom is 0.326 e. The number of urea groups is 1. The van der Waals surface area contributed by atoms with Crippen LogP contribution in [0.1, 0.15) is 45.4 Å². The highest BCUT2D eigenvalue weighted by molar-refractivity contribution is 5.82. The van der Waals surface area contributed by atoms with Gasteiger partial charge in [-0.3, -0.25) is 0 Å². The number of hydrogen-bond acceptors (Lipinski definition) is 2. The average Bonchev–Trinajstić information content (AvgIpc) is 2.30. The highest BCUT2D eigenvalue weighted by atomic mass is 16.4. The van der Waals surface area contributed by atoms with Crippen molar-refractivity contribution in [3.05, 3.63) is 0 Å². The van der Waals surface area contributed by atoms with Crippen LogP contribution >= 0.6 is 0 Å². The summed E-state index contributed by atoms with van der Waals surface area (Å²) >= 11 is 0. The first-order valence-electron chi connectivity index (χ1n) is 6.32. The van der Waals surface area contributed by atoms with Gasteiger partial charge in [-0.15, -0.1) is 0 Å². The van der Waals surface area contributed by atoms with Gasteiger partial charge in [-0.1, -0.05) is 26.2 Å². The lowest BCUT2D eigenvalue weighted by molar-refractivity contribution is -0.141. The Kier molecular flexibility index (Phi) is 5.25. The third-order valence-electron chi connectivity index (χ3n) is 3.39. The second-order valence-electron chi connectivity index (χ2n) is 4.66. The molecule has 0 heterocycles. The number of carbonyl (C=O) groups excluding carboxylic acids is 1. The van der Waals surface area contributed by atoms with Crippen LogP contribution in [-0.4, -0.2) is 41.1 Å². The maximum absolute atomic E-state index is 11.9. The largest absolute Gasteiger partial charge is 0.480 e. The molecule has 0 aromatic heterocycles. The third kappa shape index (κ3) is 3.91. The highest BCUT2D eigenvalue weighted by Gasteiger charge is 2.26. The minimum absolute atomic E-state index is 0.213. The molecular weight excluding hydrogens is 220 g/mol.